The maximum Gasteiger partial charge on any atom is 0.177 e. The summed E-state index contributed by atoms with van der Waals surface area (Å²) >= 11 is 5.29. The summed E-state index contributed by atoms with van der Waals surface area (Å²) in [6.45, 7) is 2.30. The summed E-state index contributed by atoms with van der Waals surface area (Å²) < 4.78 is 12.1. The fraction of sp³-hybridized carbons (Fsp3) is 0.583. The van der Waals surface area contributed by atoms with Crippen LogP contribution in [0.4, 0.5) is 5.82 Å². The molecule has 0 saturated carbocycles. The summed E-state index contributed by atoms with van der Waals surface area (Å²) in [5, 5.41) is 0. The van der Waals surface area contributed by atoms with Crippen LogP contribution in [0, 0.1) is 4.51 Å². The van der Waals surface area contributed by atoms with E-state index in [0.717, 1.165) is 42.1 Å². The quantitative estimate of drug-likeness (QED) is 0.718. The Morgan fingerprint density at radius 2 is 2.18 bits per heavy atom. The molecule has 1 saturated heterocycles. The average Bonchev–Trinajstić information content (AvgIpc) is 2.36. The first-order chi connectivity index (χ1) is 8.23. The Labute approximate surface area is 106 Å². The van der Waals surface area contributed by atoms with Crippen LogP contribution in [-0.4, -0.2) is 37.4 Å². The van der Waals surface area contributed by atoms with Crippen molar-refractivity contribution < 1.29 is 9.47 Å². The molecule has 0 aromatic carbocycles. The number of nitrogens with one attached hydrogen (secondary N) is 1. The Bertz CT molecular complexity index is 480. The van der Waals surface area contributed by atoms with Gasteiger partial charge >= 0.3 is 0 Å². The molecular weight excluding hydrogens is 236 g/mol. The van der Waals surface area contributed by atoms with Crippen LogP contribution in [0.2, 0.25) is 0 Å². The first kappa shape index (κ1) is 11.0. The van der Waals surface area contributed by atoms with Gasteiger partial charge in [-0.2, -0.15) is 0 Å². The van der Waals surface area contributed by atoms with Crippen molar-refractivity contribution in [1.29, 1.82) is 0 Å². The molecule has 4 nitrogen and oxygen atoms in total. The monoisotopic (exact) mass is 252 g/mol. The van der Waals surface area contributed by atoms with E-state index in [2.05, 4.69) is 16.9 Å². The van der Waals surface area contributed by atoms with Crippen LogP contribution in [0.5, 0.6) is 5.75 Å². The Kier molecular flexibility index (Phi) is 2.60. The smallest absolute Gasteiger partial charge is 0.177 e. The van der Waals surface area contributed by atoms with Gasteiger partial charge in [-0.15, -0.1) is 0 Å². The van der Waals surface area contributed by atoms with Crippen LogP contribution in [0.3, 0.4) is 0 Å². The number of ether oxygens (including phenoxy) is 2. The van der Waals surface area contributed by atoms with Gasteiger partial charge in [-0.05, 0) is 18.9 Å². The van der Waals surface area contributed by atoms with Gasteiger partial charge in [0, 0.05) is 26.5 Å². The number of fused-ring (bicyclic) bond motifs is 1. The zero-order chi connectivity index (χ0) is 11.9. The molecule has 1 aromatic heterocycles. The molecule has 0 amide bonds. The van der Waals surface area contributed by atoms with E-state index in [1.54, 1.807) is 0 Å². The predicted molar refractivity (Wildman–Crippen MR) is 68.3 cm³/mol. The second-order valence-electron chi connectivity index (χ2n) is 4.70. The maximum atomic E-state index is 5.89. The van der Waals surface area contributed by atoms with Gasteiger partial charge in [0.05, 0.1) is 10.0 Å². The van der Waals surface area contributed by atoms with Crippen LogP contribution in [0.25, 0.3) is 0 Å². The van der Waals surface area contributed by atoms with Crippen molar-refractivity contribution >= 4 is 18.0 Å². The Morgan fingerprint density at radius 3 is 2.94 bits per heavy atom. The lowest BCUT2D eigenvalue weighted by Crippen LogP contribution is -2.57. The van der Waals surface area contributed by atoms with Gasteiger partial charge < -0.3 is 19.4 Å². The lowest BCUT2D eigenvalue weighted by Gasteiger charge is -2.48. The van der Waals surface area contributed by atoms with Crippen LogP contribution in [0.1, 0.15) is 12.8 Å². The van der Waals surface area contributed by atoms with Crippen molar-refractivity contribution in [3.05, 3.63) is 16.8 Å². The van der Waals surface area contributed by atoms with Crippen LogP contribution >= 0.6 is 12.2 Å². The molecule has 2 aliphatic heterocycles. The number of aromatic amines is 1. The second-order valence-corrected chi connectivity index (χ2v) is 5.14. The molecule has 1 spiro atoms. The molecule has 0 bridgehead atoms. The van der Waals surface area contributed by atoms with Crippen molar-refractivity contribution in [1.82, 2.24) is 4.98 Å². The zero-order valence-corrected chi connectivity index (χ0v) is 10.7. The normalized spacial score (nSPS) is 22.1. The number of nitrogens with zero attached hydrogens (tertiary/aromatic N) is 1. The van der Waals surface area contributed by atoms with Gasteiger partial charge in [-0.25, -0.2) is 0 Å². The SMILES string of the molecule is CN1c2[nH]ccc(=S)c2OCC12CCOCC2. The molecule has 1 aromatic rings. The highest BCUT2D eigenvalue weighted by molar-refractivity contribution is 7.71. The largest absolute Gasteiger partial charge is 0.486 e. The van der Waals surface area contributed by atoms with Crippen molar-refractivity contribution in [3.63, 3.8) is 0 Å². The fourth-order valence-electron chi connectivity index (χ4n) is 2.61. The average molecular weight is 252 g/mol. The van der Waals surface area contributed by atoms with Crippen LogP contribution in [-0.2, 0) is 4.74 Å². The van der Waals surface area contributed by atoms with Gasteiger partial charge in [0.1, 0.15) is 6.61 Å². The van der Waals surface area contributed by atoms with Gasteiger partial charge in [0.25, 0.3) is 0 Å². The molecule has 0 radical (unpaired) electrons. The molecule has 0 atom stereocenters. The van der Waals surface area contributed by atoms with E-state index in [-0.39, 0.29) is 5.54 Å². The molecule has 17 heavy (non-hydrogen) atoms. The standard InChI is InChI=1S/C12H16N2O2S/c1-14-11-10(9(17)2-5-13-11)16-8-12(14)3-6-15-7-4-12/h2,5H,3-4,6-8H2,1H3,(H,13,17). The third kappa shape index (κ3) is 1.65. The van der Waals surface area contributed by atoms with Gasteiger partial charge in [0.15, 0.2) is 11.6 Å². The number of aromatic nitrogens is 1. The number of hydrogen-bond donors (Lipinski definition) is 1. The summed E-state index contributed by atoms with van der Waals surface area (Å²) in [7, 11) is 2.11. The first-order valence-electron chi connectivity index (χ1n) is 5.89. The summed E-state index contributed by atoms with van der Waals surface area (Å²) in [5.74, 6) is 1.80. The number of anilines is 1. The molecule has 0 unspecified atom stereocenters. The van der Waals surface area contributed by atoms with E-state index >= 15 is 0 Å². The highest BCUT2D eigenvalue weighted by Crippen LogP contribution is 2.40. The zero-order valence-electron chi connectivity index (χ0n) is 9.86. The summed E-state index contributed by atoms with van der Waals surface area (Å²) in [6.07, 6.45) is 3.87. The molecule has 1 N–H and O–H groups in total. The van der Waals surface area contributed by atoms with Crippen molar-refractivity contribution in [3.8, 4) is 5.75 Å². The maximum absolute atomic E-state index is 5.89. The Balaban J connectivity index is 2.02. The lowest BCUT2D eigenvalue weighted by atomic mass is 9.88. The fourth-order valence-corrected chi connectivity index (χ4v) is 2.84. The number of hydrogen-bond acceptors (Lipinski definition) is 4. The minimum Gasteiger partial charge on any atom is -0.486 e. The van der Waals surface area contributed by atoms with Crippen LogP contribution < -0.4 is 9.64 Å². The molecule has 0 aliphatic carbocycles. The predicted octanol–water partition coefficient (Wildman–Crippen LogP) is 2.12. The third-order valence-corrected chi connectivity index (χ3v) is 4.17. The van der Waals surface area contributed by atoms with E-state index in [4.69, 9.17) is 21.7 Å². The molecule has 5 heteroatoms. The van der Waals surface area contributed by atoms with E-state index in [0.29, 0.717) is 6.61 Å². The van der Waals surface area contributed by atoms with Gasteiger partial charge in [-0.3, -0.25) is 0 Å². The Morgan fingerprint density at radius 1 is 1.41 bits per heavy atom. The van der Waals surface area contributed by atoms with Gasteiger partial charge in [-0.1, -0.05) is 12.2 Å². The van der Waals surface area contributed by atoms with Crippen molar-refractivity contribution in [2.24, 2.45) is 0 Å². The number of likely N-dealkylation sites (N-methyl/N-ethyl adjacent to an activating group) is 1. The minimum absolute atomic E-state index is 0.0604. The van der Waals surface area contributed by atoms with E-state index in [1.807, 2.05) is 12.3 Å². The number of pyridine rings is 1. The van der Waals surface area contributed by atoms with E-state index in [9.17, 15) is 0 Å². The second kappa shape index (κ2) is 3.99. The molecular formula is C12H16N2O2S. The molecule has 1 fully saturated rings. The van der Waals surface area contributed by atoms with Crippen LogP contribution in [0.15, 0.2) is 12.3 Å². The first-order valence-corrected chi connectivity index (χ1v) is 6.30. The number of H-pyrrole nitrogens is 1. The minimum atomic E-state index is 0.0604. The van der Waals surface area contributed by atoms with Crippen molar-refractivity contribution in [2.75, 3.05) is 31.8 Å². The van der Waals surface area contributed by atoms with Gasteiger partial charge in [0.2, 0.25) is 0 Å². The molecule has 3 rings (SSSR count). The molecule has 2 aliphatic rings. The summed E-state index contributed by atoms with van der Waals surface area (Å²) in [5.41, 5.74) is 0.0604. The lowest BCUT2D eigenvalue weighted by molar-refractivity contribution is 0.0265. The molecule has 92 valence electrons. The number of rotatable bonds is 0. The van der Waals surface area contributed by atoms with E-state index < -0.39 is 0 Å². The topological polar surface area (TPSA) is 37.5 Å². The highest BCUT2D eigenvalue weighted by atomic mass is 32.1. The Hall–Kier alpha value is -1.07. The van der Waals surface area contributed by atoms with Crippen molar-refractivity contribution in [2.45, 2.75) is 18.4 Å². The highest BCUT2D eigenvalue weighted by Gasteiger charge is 2.42. The van der Waals surface area contributed by atoms with E-state index in [1.165, 1.54) is 0 Å². The molecule has 3 heterocycles. The summed E-state index contributed by atoms with van der Waals surface area (Å²) in [4.78, 5) is 5.53. The third-order valence-electron chi connectivity index (χ3n) is 3.85. The summed E-state index contributed by atoms with van der Waals surface area (Å²) in [6, 6.07) is 1.87.